The molecule has 8 heteroatoms. The highest BCUT2D eigenvalue weighted by molar-refractivity contribution is 5.93. The number of nitrogens with zero attached hydrogens (tertiary/aromatic N) is 4. The van der Waals surface area contributed by atoms with E-state index in [9.17, 15) is 9.18 Å². The summed E-state index contributed by atoms with van der Waals surface area (Å²) in [5, 5.41) is 8.89. The van der Waals surface area contributed by atoms with Crippen LogP contribution in [0.2, 0.25) is 0 Å². The van der Waals surface area contributed by atoms with Crippen LogP contribution in [0.25, 0.3) is 0 Å². The van der Waals surface area contributed by atoms with E-state index in [1.54, 1.807) is 54.7 Å². The molecule has 1 atom stereocenters. The van der Waals surface area contributed by atoms with Crippen LogP contribution in [0.1, 0.15) is 27.8 Å². The summed E-state index contributed by atoms with van der Waals surface area (Å²) in [4.78, 5) is 25.6. The molecule has 0 saturated carbocycles. The third-order valence-corrected chi connectivity index (χ3v) is 5.29. The van der Waals surface area contributed by atoms with Crippen LogP contribution in [-0.4, -0.2) is 37.1 Å². The average Bonchev–Trinajstić information content (AvgIpc) is 2.88. The van der Waals surface area contributed by atoms with Crippen LogP contribution >= 0.6 is 0 Å². The van der Waals surface area contributed by atoms with E-state index in [2.05, 4.69) is 26.3 Å². The fourth-order valence-corrected chi connectivity index (χ4v) is 3.49. The summed E-state index contributed by atoms with van der Waals surface area (Å²) < 4.78 is 14.4. The van der Waals surface area contributed by atoms with Gasteiger partial charge in [0.15, 0.2) is 0 Å². The zero-order chi connectivity index (χ0) is 22.3. The van der Waals surface area contributed by atoms with Crippen LogP contribution in [0.4, 0.5) is 15.9 Å². The van der Waals surface area contributed by atoms with Crippen molar-refractivity contribution in [2.24, 2.45) is 0 Å². The summed E-state index contributed by atoms with van der Waals surface area (Å²) in [6, 6.07) is 21.2. The number of amides is 1. The third kappa shape index (κ3) is 5.02. The Morgan fingerprint density at radius 1 is 1.00 bits per heavy atom. The average molecular weight is 431 g/mol. The van der Waals surface area contributed by atoms with Crippen LogP contribution in [0.3, 0.4) is 0 Å². The monoisotopic (exact) mass is 431 g/mol. The standard InChI is InChI=1S/C24H22FN5O2/c25-23(32-28-24(31)20-4-2-1-3-5-20)19-7-9-21(10-8-19)29-12-14-30(15-13-29)22-11-6-18(16-26)17-27-22/h1-11,17,23H,12-15H2,(H,28,31). The van der Waals surface area contributed by atoms with Crippen LogP contribution in [0.15, 0.2) is 72.9 Å². The second kappa shape index (κ2) is 9.90. The molecule has 1 aromatic heterocycles. The highest BCUT2D eigenvalue weighted by Crippen LogP contribution is 2.24. The minimum atomic E-state index is -1.77. The van der Waals surface area contributed by atoms with Gasteiger partial charge in [-0.3, -0.25) is 4.79 Å². The fourth-order valence-electron chi connectivity index (χ4n) is 3.49. The number of hydrogen-bond acceptors (Lipinski definition) is 6. The number of nitrogens with one attached hydrogen (secondary N) is 1. The van der Waals surface area contributed by atoms with E-state index >= 15 is 0 Å². The molecule has 2 heterocycles. The second-order valence-electron chi connectivity index (χ2n) is 7.31. The molecule has 2 aromatic carbocycles. The lowest BCUT2D eigenvalue weighted by molar-refractivity contribution is -0.0869. The van der Waals surface area contributed by atoms with Crippen molar-refractivity contribution in [2.75, 3.05) is 36.0 Å². The molecule has 4 rings (SSSR count). The number of aromatic nitrogens is 1. The number of nitriles is 1. The van der Waals surface area contributed by atoms with Crippen LogP contribution < -0.4 is 15.3 Å². The predicted molar refractivity (Wildman–Crippen MR) is 119 cm³/mol. The molecule has 1 aliphatic rings. The summed E-state index contributed by atoms with van der Waals surface area (Å²) in [5.41, 5.74) is 4.40. The first-order valence-electron chi connectivity index (χ1n) is 10.2. The van der Waals surface area contributed by atoms with Crippen molar-refractivity contribution in [3.8, 4) is 6.07 Å². The summed E-state index contributed by atoms with van der Waals surface area (Å²) in [5.74, 6) is 0.355. The number of hydroxylamine groups is 1. The fraction of sp³-hybridized carbons (Fsp3) is 0.208. The molecule has 1 aliphatic heterocycles. The van der Waals surface area contributed by atoms with Gasteiger partial charge in [-0.25, -0.2) is 19.7 Å². The maximum absolute atomic E-state index is 14.4. The van der Waals surface area contributed by atoms with Gasteiger partial charge in [0, 0.05) is 49.2 Å². The zero-order valence-corrected chi connectivity index (χ0v) is 17.3. The van der Waals surface area contributed by atoms with Crippen molar-refractivity contribution in [3.05, 3.63) is 89.6 Å². The van der Waals surface area contributed by atoms with Crippen molar-refractivity contribution < 1.29 is 14.0 Å². The summed E-state index contributed by atoms with van der Waals surface area (Å²) >= 11 is 0. The van der Waals surface area contributed by atoms with E-state index in [0.717, 1.165) is 37.7 Å². The molecule has 1 saturated heterocycles. The van der Waals surface area contributed by atoms with Crippen molar-refractivity contribution in [1.82, 2.24) is 10.5 Å². The lowest BCUT2D eigenvalue weighted by atomic mass is 10.1. The number of rotatable bonds is 6. The smallest absolute Gasteiger partial charge is 0.274 e. The van der Waals surface area contributed by atoms with E-state index in [-0.39, 0.29) is 0 Å². The van der Waals surface area contributed by atoms with E-state index in [1.807, 2.05) is 18.2 Å². The first kappa shape index (κ1) is 21.3. The molecule has 0 radical (unpaired) electrons. The van der Waals surface area contributed by atoms with E-state index in [4.69, 9.17) is 10.1 Å². The van der Waals surface area contributed by atoms with Gasteiger partial charge < -0.3 is 9.80 Å². The molecular weight excluding hydrogens is 409 g/mol. The third-order valence-electron chi connectivity index (χ3n) is 5.29. The number of carbonyl (C=O) groups is 1. The van der Waals surface area contributed by atoms with Gasteiger partial charge in [0.2, 0.25) is 6.36 Å². The van der Waals surface area contributed by atoms with Crippen molar-refractivity contribution >= 4 is 17.4 Å². The Balaban J connectivity index is 1.29. The Labute approximate surface area is 185 Å². The topological polar surface area (TPSA) is 81.5 Å². The van der Waals surface area contributed by atoms with Gasteiger partial charge in [-0.1, -0.05) is 30.3 Å². The van der Waals surface area contributed by atoms with Crippen LogP contribution in [-0.2, 0) is 4.84 Å². The first-order chi connectivity index (χ1) is 15.6. The van der Waals surface area contributed by atoms with Crippen molar-refractivity contribution in [2.45, 2.75) is 6.36 Å². The van der Waals surface area contributed by atoms with E-state index < -0.39 is 12.3 Å². The SMILES string of the molecule is N#Cc1ccc(N2CCN(c3ccc(C(F)ONC(=O)c4ccccc4)cc3)CC2)nc1. The molecule has 162 valence electrons. The van der Waals surface area contributed by atoms with Crippen LogP contribution in [0, 0.1) is 11.3 Å². The molecule has 1 amide bonds. The summed E-state index contributed by atoms with van der Waals surface area (Å²) in [6.45, 7) is 3.18. The predicted octanol–water partition coefficient (Wildman–Crippen LogP) is 3.61. The maximum Gasteiger partial charge on any atom is 0.274 e. The van der Waals surface area contributed by atoms with E-state index in [0.29, 0.717) is 16.7 Å². The summed E-state index contributed by atoms with van der Waals surface area (Å²) in [7, 11) is 0. The number of alkyl halides is 1. The summed E-state index contributed by atoms with van der Waals surface area (Å²) in [6.07, 6.45) is -0.186. The Morgan fingerprint density at radius 2 is 1.69 bits per heavy atom. The molecular formula is C24H22FN5O2. The van der Waals surface area contributed by atoms with Crippen molar-refractivity contribution in [1.29, 1.82) is 5.26 Å². The minimum absolute atomic E-state index is 0.322. The zero-order valence-electron chi connectivity index (χ0n) is 17.3. The minimum Gasteiger partial charge on any atom is -0.368 e. The Hall–Kier alpha value is -3.96. The van der Waals surface area contributed by atoms with Gasteiger partial charge in [-0.05, 0) is 36.4 Å². The van der Waals surface area contributed by atoms with Gasteiger partial charge >= 0.3 is 0 Å². The van der Waals surface area contributed by atoms with Gasteiger partial charge in [-0.2, -0.15) is 5.26 Å². The molecule has 32 heavy (non-hydrogen) atoms. The molecule has 0 aliphatic carbocycles. The molecule has 0 bridgehead atoms. The van der Waals surface area contributed by atoms with Gasteiger partial charge in [0.1, 0.15) is 11.9 Å². The highest BCUT2D eigenvalue weighted by atomic mass is 19.1. The molecule has 0 spiro atoms. The molecule has 1 N–H and O–H groups in total. The second-order valence-corrected chi connectivity index (χ2v) is 7.31. The van der Waals surface area contributed by atoms with Gasteiger partial charge in [0.05, 0.1) is 5.56 Å². The normalized spacial score (nSPS) is 14.5. The van der Waals surface area contributed by atoms with Crippen molar-refractivity contribution in [3.63, 3.8) is 0 Å². The Bertz CT molecular complexity index is 1080. The Morgan fingerprint density at radius 3 is 2.31 bits per heavy atom. The molecule has 3 aromatic rings. The number of halogens is 1. The van der Waals surface area contributed by atoms with E-state index in [1.165, 1.54) is 0 Å². The van der Waals surface area contributed by atoms with Gasteiger partial charge in [0.25, 0.3) is 5.91 Å². The van der Waals surface area contributed by atoms with Crippen LogP contribution in [0.5, 0.6) is 0 Å². The first-order valence-corrected chi connectivity index (χ1v) is 10.2. The number of anilines is 2. The largest absolute Gasteiger partial charge is 0.368 e. The molecule has 1 fully saturated rings. The number of carbonyl (C=O) groups excluding carboxylic acids is 1. The molecule has 7 nitrogen and oxygen atoms in total. The number of benzene rings is 2. The number of piperazine rings is 1. The van der Waals surface area contributed by atoms with Gasteiger partial charge in [-0.15, -0.1) is 0 Å². The highest BCUT2D eigenvalue weighted by Gasteiger charge is 2.19. The lowest BCUT2D eigenvalue weighted by Crippen LogP contribution is -2.46. The number of pyridine rings is 1. The maximum atomic E-state index is 14.4. The number of hydrogen-bond donors (Lipinski definition) is 1. The quantitative estimate of drug-likeness (QED) is 0.601. The lowest BCUT2D eigenvalue weighted by Gasteiger charge is -2.36. The Kier molecular flexibility index (Phi) is 6.58. The molecule has 1 unspecified atom stereocenters.